The first-order valence-corrected chi connectivity index (χ1v) is 16.1. The Morgan fingerprint density at radius 3 is 2.59 bits per heavy atom. The molecule has 1 aromatic carbocycles. The second-order valence-corrected chi connectivity index (χ2v) is 14.2. The zero-order valence-corrected chi connectivity index (χ0v) is 24.1. The summed E-state index contributed by atoms with van der Waals surface area (Å²) in [7, 11) is -2.84. The van der Waals surface area contributed by atoms with Gasteiger partial charge in [0, 0.05) is 35.7 Å². The van der Waals surface area contributed by atoms with Gasteiger partial charge in [-0.15, -0.1) is 0 Å². The van der Waals surface area contributed by atoms with Crippen LogP contribution in [-0.4, -0.2) is 76.8 Å². The number of nitriles is 1. The molecular weight excluding hydrogens is 557 g/mol. The lowest BCUT2D eigenvalue weighted by molar-refractivity contribution is 0.0798. The number of anilines is 1. The van der Waals surface area contributed by atoms with Crippen LogP contribution in [0.4, 0.5) is 5.82 Å². The number of hydrogen-bond donors (Lipinski definition) is 0. The van der Waals surface area contributed by atoms with Crippen molar-refractivity contribution in [2.24, 2.45) is 11.8 Å². The Hall–Kier alpha value is -2.45. The van der Waals surface area contributed by atoms with Crippen molar-refractivity contribution in [2.45, 2.75) is 44.7 Å². The van der Waals surface area contributed by atoms with E-state index in [1.165, 1.54) is 6.42 Å². The van der Waals surface area contributed by atoms with Gasteiger partial charge < -0.3 is 9.80 Å². The van der Waals surface area contributed by atoms with Crippen LogP contribution in [0.1, 0.15) is 49.9 Å². The maximum absolute atomic E-state index is 11.9. The van der Waals surface area contributed by atoms with Gasteiger partial charge in [0.15, 0.2) is 11.3 Å². The van der Waals surface area contributed by atoms with E-state index in [2.05, 4.69) is 26.0 Å². The monoisotopic (exact) mass is 587 g/mol. The first kappa shape index (κ1) is 26.8. The van der Waals surface area contributed by atoms with Gasteiger partial charge in [0.25, 0.3) is 0 Å². The number of nitrogens with zero attached hydrogens (tertiary/aromatic N) is 7. The Bertz CT molecular complexity index is 1530. The topological polar surface area (TPSA) is 108 Å². The number of halogens is 2. The molecule has 3 aliphatic heterocycles. The van der Waals surface area contributed by atoms with Gasteiger partial charge in [-0.25, -0.2) is 23.1 Å². The number of fused-ring (bicyclic) bond motifs is 1. The van der Waals surface area contributed by atoms with Crippen molar-refractivity contribution < 1.29 is 8.42 Å². The summed E-state index contributed by atoms with van der Waals surface area (Å²) in [4.78, 5) is 14.3. The summed E-state index contributed by atoms with van der Waals surface area (Å²) in [5.41, 5.74) is 2.11. The summed E-state index contributed by atoms with van der Waals surface area (Å²) in [6, 6.07) is 7.62. The minimum Gasteiger partial charge on any atom is -0.355 e. The maximum atomic E-state index is 11.9. The van der Waals surface area contributed by atoms with Gasteiger partial charge in [-0.3, -0.25) is 0 Å². The molecule has 0 saturated carbocycles. The molecule has 9 nitrogen and oxygen atoms in total. The van der Waals surface area contributed by atoms with Gasteiger partial charge >= 0.3 is 0 Å². The minimum absolute atomic E-state index is 0.236. The van der Waals surface area contributed by atoms with E-state index in [9.17, 15) is 13.7 Å². The molecule has 0 N–H and O–H groups in total. The first-order chi connectivity index (χ1) is 18.7. The largest absolute Gasteiger partial charge is 0.355 e. The molecule has 0 unspecified atom stereocenters. The fourth-order valence-electron chi connectivity index (χ4n) is 6.37. The lowest BCUT2D eigenvalue weighted by Crippen LogP contribution is -2.55. The van der Waals surface area contributed by atoms with E-state index in [4.69, 9.17) is 28.2 Å². The molecule has 6 rings (SSSR count). The van der Waals surface area contributed by atoms with Crippen LogP contribution in [0.25, 0.3) is 11.2 Å². The zero-order chi connectivity index (χ0) is 27.3. The molecule has 0 bridgehead atoms. The third kappa shape index (κ3) is 5.22. The van der Waals surface area contributed by atoms with Crippen LogP contribution in [0.2, 0.25) is 10.0 Å². The molecule has 5 heterocycles. The van der Waals surface area contributed by atoms with Crippen molar-refractivity contribution in [1.82, 2.24) is 24.6 Å². The van der Waals surface area contributed by atoms with Crippen molar-refractivity contribution in [3.05, 3.63) is 45.7 Å². The highest BCUT2D eigenvalue weighted by Crippen LogP contribution is 2.36. The predicted molar refractivity (Wildman–Crippen MR) is 152 cm³/mol. The van der Waals surface area contributed by atoms with Crippen LogP contribution < -0.4 is 4.90 Å². The maximum Gasteiger partial charge on any atom is 0.190 e. The quantitative estimate of drug-likeness (QED) is 0.433. The Morgan fingerprint density at radius 1 is 1.10 bits per heavy atom. The van der Waals surface area contributed by atoms with Gasteiger partial charge in [0.05, 0.1) is 23.7 Å². The van der Waals surface area contributed by atoms with Crippen LogP contribution in [0.5, 0.6) is 0 Å². The highest BCUT2D eigenvalue weighted by Gasteiger charge is 2.39. The van der Waals surface area contributed by atoms with Crippen molar-refractivity contribution in [1.29, 1.82) is 5.26 Å². The lowest BCUT2D eigenvalue weighted by Gasteiger charge is -2.48. The number of hydrogen-bond acceptors (Lipinski definition) is 8. The van der Waals surface area contributed by atoms with E-state index in [1.54, 1.807) is 23.0 Å². The second kappa shape index (κ2) is 10.5. The SMILES string of the molecule is C[C@H](c1ccc(Cl)cc1Cl)n1nc(C#N)c2ncc(N3CC([C@H]4CCCN(C5CCS(=O)(=O)CC5)C4)C3)nc21. The van der Waals surface area contributed by atoms with E-state index in [0.29, 0.717) is 50.6 Å². The third-order valence-electron chi connectivity index (χ3n) is 8.71. The Labute approximate surface area is 238 Å². The van der Waals surface area contributed by atoms with E-state index >= 15 is 0 Å². The van der Waals surface area contributed by atoms with E-state index < -0.39 is 9.84 Å². The highest BCUT2D eigenvalue weighted by molar-refractivity contribution is 7.91. The van der Waals surface area contributed by atoms with Crippen molar-refractivity contribution in [3.8, 4) is 6.07 Å². The van der Waals surface area contributed by atoms with Gasteiger partial charge in [-0.1, -0.05) is 29.3 Å². The molecule has 206 valence electrons. The molecular formula is C27H31Cl2N7O2S. The number of benzene rings is 1. The molecule has 3 fully saturated rings. The first-order valence-electron chi connectivity index (χ1n) is 13.5. The van der Waals surface area contributed by atoms with Crippen molar-refractivity contribution >= 4 is 50.0 Å². The minimum atomic E-state index is -2.84. The van der Waals surface area contributed by atoms with E-state index in [1.807, 2.05) is 13.0 Å². The number of aromatic nitrogens is 4. The molecule has 3 aromatic rings. The molecule has 3 aliphatic rings. The Morgan fingerprint density at radius 2 is 1.87 bits per heavy atom. The lowest BCUT2D eigenvalue weighted by atomic mass is 9.80. The average molecular weight is 589 g/mol. The summed E-state index contributed by atoms with van der Waals surface area (Å²) in [5, 5.41) is 15.3. The normalized spacial score (nSPS) is 23.4. The number of piperidine rings is 1. The summed E-state index contributed by atoms with van der Waals surface area (Å²) in [6.07, 6.45) is 5.64. The Kier molecular flexibility index (Phi) is 7.21. The Balaban J connectivity index is 1.17. The van der Waals surface area contributed by atoms with Crippen molar-refractivity contribution in [2.75, 3.05) is 42.6 Å². The number of rotatable bonds is 5. The van der Waals surface area contributed by atoms with E-state index in [-0.39, 0.29) is 11.7 Å². The summed E-state index contributed by atoms with van der Waals surface area (Å²) >= 11 is 12.6. The number of likely N-dealkylation sites (tertiary alicyclic amines) is 1. The third-order valence-corrected chi connectivity index (χ3v) is 11.0. The van der Waals surface area contributed by atoms with Crippen LogP contribution >= 0.6 is 23.2 Å². The van der Waals surface area contributed by atoms with Gasteiger partial charge in [0.1, 0.15) is 27.2 Å². The summed E-state index contributed by atoms with van der Waals surface area (Å²) in [6.45, 7) is 5.91. The van der Waals surface area contributed by atoms with E-state index in [0.717, 1.165) is 56.8 Å². The molecule has 0 aliphatic carbocycles. The van der Waals surface area contributed by atoms with Crippen molar-refractivity contribution in [3.63, 3.8) is 0 Å². The van der Waals surface area contributed by atoms with Gasteiger partial charge in [-0.2, -0.15) is 10.4 Å². The second-order valence-electron chi connectivity index (χ2n) is 11.1. The van der Waals surface area contributed by atoms with Crippen LogP contribution in [-0.2, 0) is 9.84 Å². The predicted octanol–water partition coefficient (Wildman–Crippen LogP) is 4.34. The molecule has 39 heavy (non-hydrogen) atoms. The molecule has 3 saturated heterocycles. The fourth-order valence-corrected chi connectivity index (χ4v) is 8.40. The highest BCUT2D eigenvalue weighted by atomic mass is 35.5. The smallest absolute Gasteiger partial charge is 0.190 e. The number of sulfone groups is 1. The fraction of sp³-hybridized carbons (Fsp3) is 0.556. The summed E-state index contributed by atoms with van der Waals surface area (Å²) in [5.74, 6) is 2.61. The zero-order valence-electron chi connectivity index (χ0n) is 21.8. The van der Waals surface area contributed by atoms with Gasteiger partial charge in [0.2, 0.25) is 0 Å². The molecule has 12 heteroatoms. The standard InChI is InChI=1S/C27H31Cl2N7O2S/c1-17(22-5-4-20(28)11-23(22)29)36-27-26(24(12-30)33-36)31-13-25(32-27)35-15-19(16-35)18-3-2-8-34(14-18)21-6-9-39(37,38)10-7-21/h4-5,11,13,17-19,21H,2-3,6-10,14-16H2,1H3/t17-,18+/m1/s1. The molecule has 0 spiro atoms. The van der Waals surface area contributed by atoms with Crippen LogP contribution in [0, 0.1) is 23.2 Å². The molecule has 2 aromatic heterocycles. The average Bonchev–Trinajstić information content (AvgIpc) is 3.26. The van der Waals surface area contributed by atoms with Crippen LogP contribution in [0.3, 0.4) is 0 Å². The van der Waals surface area contributed by atoms with Gasteiger partial charge in [-0.05, 0) is 68.7 Å². The molecule has 0 amide bonds. The van der Waals surface area contributed by atoms with Crippen LogP contribution in [0.15, 0.2) is 24.4 Å². The molecule has 0 radical (unpaired) electrons. The molecule has 2 atom stereocenters. The summed E-state index contributed by atoms with van der Waals surface area (Å²) < 4.78 is 25.5.